The Kier molecular flexibility index (Phi) is 4.19. The predicted molar refractivity (Wildman–Crippen MR) is 54.1 cm³/mol. The van der Waals surface area contributed by atoms with Crippen LogP contribution in [0.1, 0.15) is 38.5 Å². The van der Waals surface area contributed by atoms with Crippen molar-refractivity contribution in [1.29, 1.82) is 0 Å². The molecule has 0 bridgehead atoms. The van der Waals surface area contributed by atoms with E-state index in [4.69, 9.17) is 0 Å². The number of hydrogen-bond donors (Lipinski definition) is 0. The Morgan fingerprint density at radius 3 is 1.62 bits per heavy atom. The Bertz CT molecular complexity index is 226. The molecular weight excluding hydrogens is 186 g/mol. The molecule has 0 amide bonds. The molecule has 1 fully saturated rings. The molecule has 0 aromatic rings. The van der Waals surface area contributed by atoms with Crippen molar-refractivity contribution >= 4 is 10.0 Å². The summed E-state index contributed by atoms with van der Waals surface area (Å²) in [5, 5.41) is 0. The van der Waals surface area contributed by atoms with Gasteiger partial charge in [-0.05, 0) is 12.8 Å². The first-order valence-corrected chi connectivity index (χ1v) is 6.90. The zero-order chi connectivity index (χ0) is 9.73. The van der Waals surface area contributed by atoms with Gasteiger partial charge in [0.05, 0.1) is 6.26 Å². The first-order valence-electron chi connectivity index (χ1n) is 5.06. The van der Waals surface area contributed by atoms with Gasteiger partial charge in [-0.25, -0.2) is 12.7 Å². The molecule has 0 saturated carbocycles. The van der Waals surface area contributed by atoms with E-state index >= 15 is 0 Å². The van der Waals surface area contributed by atoms with Crippen LogP contribution >= 0.6 is 0 Å². The van der Waals surface area contributed by atoms with E-state index in [1.165, 1.54) is 31.9 Å². The minimum absolute atomic E-state index is 0.721. The summed E-state index contributed by atoms with van der Waals surface area (Å²) < 4.78 is 24.2. The Morgan fingerprint density at radius 1 is 0.846 bits per heavy atom. The highest BCUT2D eigenvalue weighted by atomic mass is 32.2. The maximum absolute atomic E-state index is 11.3. The van der Waals surface area contributed by atoms with E-state index in [9.17, 15) is 8.42 Å². The first-order chi connectivity index (χ1) is 6.11. The molecular formula is C9H19NO2S. The third-order valence-electron chi connectivity index (χ3n) is 2.53. The normalized spacial score (nSPS) is 23.2. The molecule has 0 atom stereocenters. The minimum Gasteiger partial charge on any atom is -0.213 e. The smallest absolute Gasteiger partial charge is 0.211 e. The van der Waals surface area contributed by atoms with E-state index in [0.717, 1.165) is 25.9 Å². The lowest BCUT2D eigenvalue weighted by atomic mass is 10.1. The molecule has 13 heavy (non-hydrogen) atoms. The fourth-order valence-corrected chi connectivity index (χ4v) is 2.65. The molecule has 78 valence electrons. The molecule has 0 unspecified atom stereocenters. The van der Waals surface area contributed by atoms with Crippen LogP contribution in [0.3, 0.4) is 0 Å². The van der Waals surface area contributed by atoms with Crippen molar-refractivity contribution < 1.29 is 8.42 Å². The van der Waals surface area contributed by atoms with Crippen LogP contribution in [0.25, 0.3) is 0 Å². The van der Waals surface area contributed by atoms with E-state index in [1.807, 2.05) is 0 Å². The zero-order valence-corrected chi connectivity index (χ0v) is 9.15. The second-order valence-corrected chi connectivity index (χ2v) is 5.77. The van der Waals surface area contributed by atoms with Gasteiger partial charge in [-0.15, -0.1) is 0 Å². The molecule has 3 nitrogen and oxygen atoms in total. The molecule has 4 heteroatoms. The molecule has 1 aliphatic rings. The van der Waals surface area contributed by atoms with Crippen molar-refractivity contribution in [3.05, 3.63) is 0 Å². The van der Waals surface area contributed by atoms with Crippen LogP contribution in [0.2, 0.25) is 0 Å². The summed E-state index contributed by atoms with van der Waals surface area (Å²) in [7, 11) is -2.95. The second kappa shape index (κ2) is 4.96. The maximum atomic E-state index is 11.3. The van der Waals surface area contributed by atoms with Gasteiger partial charge in [0.15, 0.2) is 0 Å². The van der Waals surface area contributed by atoms with Crippen LogP contribution < -0.4 is 0 Å². The summed E-state index contributed by atoms with van der Waals surface area (Å²) in [5.41, 5.74) is 0. The van der Waals surface area contributed by atoms with Gasteiger partial charge in [0.1, 0.15) is 0 Å². The molecule has 1 heterocycles. The van der Waals surface area contributed by atoms with Crippen LogP contribution in [0.15, 0.2) is 0 Å². The lowest BCUT2D eigenvalue weighted by Crippen LogP contribution is -2.31. The minimum atomic E-state index is -2.95. The largest absolute Gasteiger partial charge is 0.213 e. The Hall–Kier alpha value is -0.0900. The van der Waals surface area contributed by atoms with Gasteiger partial charge < -0.3 is 0 Å². The number of nitrogens with zero attached hydrogens (tertiary/aromatic N) is 1. The molecule has 1 saturated heterocycles. The number of hydrogen-bond acceptors (Lipinski definition) is 2. The first kappa shape index (κ1) is 11.0. The summed E-state index contributed by atoms with van der Waals surface area (Å²) in [6.07, 6.45) is 8.22. The van der Waals surface area contributed by atoms with Gasteiger partial charge in [0.2, 0.25) is 10.0 Å². The summed E-state index contributed by atoms with van der Waals surface area (Å²) in [6, 6.07) is 0. The van der Waals surface area contributed by atoms with Gasteiger partial charge in [0.25, 0.3) is 0 Å². The van der Waals surface area contributed by atoms with E-state index in [-0.39, 0.29) is 0 Å². The average Bonchev–Trinajstić information content (AvgIpc) is 2.14. The summed E-state index contributed by atoms with van der Waals surface area (Å²) in [6.45, 7) is 1.44. The fourth-order valence-electron chi connectivity index (χ4n) is 1.73. The van der Waals surface area contributed by atoms with Gasteiger partial charge in [-0.3, -0.25) is 0 Å². The summed E-state index contributed by atoms with van der Waals surface area (Å²) in [4.78, 5) is 0. The van der Waals surface area contributed by atoms with Gasteiger partial charge >= 0.3 is 0 Å². The number of rotatable bonds is 1. The molecule has 0 aliphatic carbocycles. The third kappa shape index (κ3) is 4.09. The lowest BCUT2D eigenvalue weighted by molar-refractivity contribution is 0.404. The molecule has 0 spiro atoms. The molecule has 0 aromatic heterocycles. The van der Waals surface area contributed by atoms with Crippen molar-refractivity contribution in [2.24, 2.45) is 0 Å². The molecule has 0 aromatic carbocycles. The van der Waals surface area contributed by atoms with E-state index in [1.54, 1.807) is 4.31 Å². The second-order valence-electron chi connectivity index (χ2n) is 3.78. The van der Waals surface area contributed by atoms with Crippen LogP contribution in [-0.4, -0.2) is 32.1 Å². The van der Waals surface area contributed by atoms with E-state index in [0.29, 0.717) is 0 Å². The van der Waals surface area contributed by atoms with Crippen LogP contribution in [0, 0.1) is 0 Å². The highest BCUT2D eigenvalue weighted by Gasteiger charge is 2.15. The Morgan fingerprint density at radius 2 is 1.23 bits per heavy atom. The van der Waals surface area contributed by atoms with Crippen LogP contribution in [0.5, 0.6) is 0 Å². The van der Waals surface area contributed by atoms with E-state index < -0.39 is 10.0 Å². The topological polar surface area (TPSA) is 37.4 Å². The van der Waals surface area contributed by atoms with E-state index in [2.05, 4.69) is 0 Å². The zero-order valence-electron chi connectivity index (χ0n) is 8.33. The third-order valence-corrected chi connectivity index (χ3v) is 3.84. The van der Waals surface area contributed by atoms with Gasteiger partial charge in [-0.2, -0.15) is 0 Å². The Balaban J connectivity index is 2.51. The molecule has 1 aliphatic heterocycles. The van der Waals surface area contributed by atoms with Crippen molar-refractivity contribution in [3.63, 3.8) is 0 Å². The van der Waals surface area contributed by atoms with Crippen LogP contribution in [0.4, 0.5) is 0 Å². The highest BCUT2D eigenvalue weighted by Crippen LogP contribution is 2.12. The summed E-state index contributed by atoms with van der Waals surface area (Å²) >= 11 is 0. The van der Waals surface area contributed by atoms with Crippen LogP contribution in [-0.2, 0) is 10.0 Å². The highest BCUT2D eigenvalue weighted by molar-refractivity contribution is 7.88. The maximum Gasteiger partial charge on any atom is 0.211 e. The predicted octanol–water partition coefficient (Wildman–Crippen LogP) is 1.60. The van der Waals surface area contributed by atoms with Crippen molar-refractivity contribution in [1.82, 2.24) is 4.31 Å². The quantitative estimate of drug-likeness (QED) is 0.652. The average molecular weight is 205 g/mol. The lowest BCUT2D eigenvalue weighted by Gasteiger charge is -2.18. The van der Waals surface area contributed by atoms with Gasteiger partial charge in [-0.1, -0.05) is 25.7 Å². The molecule has 1 rings (SSSR count). The fraction of sp³-hybridized carbons (Fsp3) is 1.00. The standard InChI is InChI=1S/C9H19NO2S/c1-13(11,12)10-8-6-4-2-3-5-7-9-10/h2-9H2,1H3. The Labute approximate surface area is 81.2 Å². The molecule has 0 N–H and O–H groups in total. The SMILES string of the molecule is CS(=O)(=O)N1CCCCCCCC1. The van der Waals surface area contributed by atoms with Gasteiger partial charge in [0, 0.05) is 13.1 Å². The monoisotopic (exact) mass is 205 g/mol. The molecule has 0 radical (unpaired) electrons. The summed E-state index contributed by atoms with van der Waals surface area (Å²) in [5.74, 6) is 0. The van der Waals surface area contributed by atoms with Crippen molar-refractivity contribution in [3.8, 4) is 0 Å². The van der Waals surface area contributed by atoms with Crippen molar-refractivity contribution in [2.45, 2.75) is 38.5 Å². The van der Waals surface area contributed by atoms with Crippen molar-refractivity contribution in [2.75, 3.05) is 19.3 Å². The number of sulfonamides is 1.